The highest BCUT2D eigenvalue weighted by Gasteiger charge is 2.31. The van der Waals surface area contributed by atoms with Gasteiger partial charge in [-0.1, -0.05) is 11.6 Å². The van der Waals surface area contributed by atoms with Gasteiger partial charge in [0, 0.05) is 42.9 Å². The maximum atomic E-state index is 10.4. The Morgan fingerprint density at radius 1 is 1.10 bits per heavy atom. The highest BCUT2D eigenvalue weighted by Crippen LogP contribution is 2.28. The third-order valence-corrected chi connectivity index (χ3v) is 4.88. The first-order valence-electron chi connectivity index (χ1n) is 7.60. The summed E-state index contributed by atoms with van der Waals surface area (Å²) in [7, 11) is 0. The van der Waals surface area contributed by atoms with E-state index >= 15 is 0 Å². The van der Waals surface area contributed by atoms with Gasteiger partial charge in [-0.15, -0.1) is 0 Å². The largest absolute Gasteiger partial charge is 0.465 e. The van der Waals surface area contributed by atoms with E-state index in [9.17, 15) is 4.79 Å². The van der Waals surface area contributed by atoms with Gasteiger partial charge in [0.25, 0.3) is 6.47 Å². The van der Waals surface area contributed by atoms with Crippen LogP contribution in [0.3, 0.4) is 0 Å². The number of nitrogens with zero attached hydrogens (tertiary/aromatic N) is 2. The Balaban J connectivity index is 1.51. The SMILES string of the molecule is O=CO[C@@H]1CC[C@H](N2CCN(c3ccc(Cl)cc3)CC2)C1. The number of ether oxygens (including phenoxy) is 1. The molecule has 114 valence electrons. The summed E-state index contributed by atoms with van der Waals surface area (Å²) in [4.78, 5) is 15.4. The number of halogens is 1. The van der Waals surface area contributed by atoms with Crippen molar-refractivity contribution in [1.82, 2.24) is 4.90 Å². The topological polar surface area (TPSA) is 32.8 Å². The second-order valence-electron chi connectivity index (χ2n) is 5.82. The van der Waals surface area contributed by atoms with Gasteiger partial charge in [0.1, 0.15) is 6.10 Å². The van der Waals surface area contributed by atoms with E-state index in [1.165, 1.54) is 5.69 Å². The molecule has 4 nitrogen and oxygen atoms in total. The van der Waals surface area contributed by atoms with E-state index in [2.05, 4.69) is 21.9 Å². The summed E-state index contributed by atoms with van der Waals surface area (Å²) in [6.45, 7) is 4.81. The van der Waals surface area contributed by atoms with Crippen molar-refractivity contribution in [2.24, 2.45) is 0 Å². The molecule has 2 aliphatic rings. The molecule has 1 aromatic rings. The normalized spacial score (nSPS) is 26.8. The molecule has 1 aliphatic heterocycles. The second-order valence-corrected chi connectivity index (χ2v) is 6.26. The molecule has 1 saturated heterocycles. The van der Waals surface area contributed by atoms with E-state index in [1.807, 2.05) is 12.1 Å². The van der Waals surface area contributed by atoms with Gasteiger partial charge in [-0.25, -0.2) is 0 Å². The van der Waals surface area contributed by atoms with E-state index in [0.717, 1.165) is 50.5 Å². The van der Waals surface area contributed by atoms with Crippen molar-refractivity contribution in [3.63, 3.8) is 0 Å². The van der Waals surface area contributed by atoms with Crippen molar-refractivity contribution in [3.05, 3.63) is 29.3 Å². The van der Waals surface area contributed by atoms with Crippen LogP contribution in [-0.2, 0) is 9.53 Å². The number of carbonyl (C=O) groups is 1. The summed E-state index contributed by atoms with van der Waals surface area (Å²) in [5, 5.41) is 0.782. The summed E-state index contributed by atoms with van der Waals surface area (Å²) < 4.78 is 5.10. The fourth-order valence-corrected chi connectivity index (χ4v) is 3.57. The molecule has 1 aromatic carbocycles. The molecule has 1 heterocycles. The number of rotatable bonds is 4. The Morgan fingerprint density at radius 3 is 2.48 bits per heavy atom. The van der Waals surface area contributed by atoms with Crippen LogP contribution in [0.5, 0.6) is 0 Å². The van der Waals surface area contributed by atoms with Gasteiger partial charge < -0.3 is 9.64 Å². The molecule has 2 fully saturated rings. The smallest absolute Gasteiger partial charge is 0.293 e. The summed E-state index contributed by atoms with van der Waals surface area (Å²) in [6.07, 6.45) is 3.25. The van der Waals surface area contributed by atoms with Crippen molar-refractivity contribution in [2.45, 2.75) is 31.4 Å². The van der Waals surface area contributed by atoms with E-state index in [0.29, 0.717) is 12.5 Å². The lowest BCUT2D eigenvalue weighted by molar-refractivity contribution is -0.133. The summed E-state index contributed by atoms with van der Waals surface area (Å²) in [5.41, 5.74) is 1.24. The van der Waals surface area contributed by atoms with E-state index < -0.39 is 0 Å². The van der Waals surface area contributed by atoms with Crippen LogP contribution in [0.25, 0.3) is 0 Å². The zero-order chi connectivity index (χ0) is 14.7. The molecule has 0 unspecified atom stereocenters. The van der Waals surface area contributed by atoms with Crippen LogP contribution < -0.4 is 4.90 Å². The lowest BCUT2D eigenvalue weighted by Crippen LogP contribution is -2.50. The van der Waals surface area contributed by atoms with Crippen LogP contribution in [0, 0.1) is 0 Å². The van der Waals surface area contributed by atoms with Crippen molar-refractivity contribution in [2.75, 3.05) is 31.1 Å². The average molecular weight is 309 g/mol. The maximum Gasteiger partial charge on any atom is 0.293 e. The monoisotopic (exact) mass is 308 g/mol. The molecule has 0 N–H and O–H groups in total. The fraction of sp³-hybridized carbons (Fsp3) is 0.562. The molecule has 21 heavy (non-hydrogen) atoms. The highest BCUT2D eigenvalue weighted by atomic mass is 35.5. The molecule has 0 spiro atoms. The number of carbonyl (C=O) groups excluding carboxylic acids is 1. The number of benzene rings is 1. The fourth-order valence-electron chi connectivity index (χ4n) is 3.45. The maximum absolute atomic E-state index is 10.4. The van der Waals surface area contributed by atoms with Crippen LogP contribution in [0.1, 0.15) is 19.3 Å². The first kappa shape index (κ1) is 14.7. The lowest BCUT2D eigenvalue weighted by Gasteiger charge is -2.39. The molecule has 0 aromatic heterocycles. The molecule has 5 heteroatoms. The predicted molar refractivity (Wildman–Crippen MR) is 83.8 cm³/mol. The Bertz CT molecular complexity index is 472. The first-order valence-corrected chi connectivity index (χ1v) is 7.98. The Kier molecular flexibility index (Phi) is 4.66. The summed E-state index contributed by atoms with van der Waals surface area (Å²) in [6, 6.07) is 8.63. The van der Waals surface area contributed by atoms with Gasteiger partial charge in [-0.3, -0.25) is 9.69 Å². The van der Waals surface area contributed by atoms with E-state index in [-0.39, 0.29) is 6.10 Å². The van der Waals surface area contributed by atoms with Gasteiger partial charge in [0.15, 0.2) is 0 Å². The number of hydrogen-bond donors (Lipinski definition) is 0. The molecule has 0 radical (unpaired) electrons. The third kappa shape index (κ3) is 3.50. The van der Waals surface area contributed by atoms with E-state index in [1.54, 1.807) is 0 Å². The quantitative estimate of drug-likeness (QED) is 0.800. The van der Waals surface area contributed by atoms with Gasteiger partial charge >= 0.3 is 0 Å². The number of anilines is 1. The van der Waals surface area contributed by atoms with Crippen LogP contribution in [-0.4, -0.2) is 49.7 Å². The zero-order valence-corrected chi connectivity index (χ0v) is 12.8. The number of hydrogen-bond acceptors (Lipinski definition) is 4. The van der Waals surface area contributed by atoms with Crippen LogP contribution in [0.15, 0.2) is 24.3 Å². The second kappa shape index (κ2) is 6.67. The molecule has 2 atom stereocenters. The summed E-state index contributed by atoms with van der Waals surface area (Å²) >= 11 is 5.94. The highest BCUT2D eigenvalue weighted by molar-refractivity contribution is 6.30. The van der Waals surface area contributed by atoms with Gasteiger partial charge in [-0.2, -0.15) is 0 Å². The minimum absolute atomic E-state index is 0.127. The Labute approximate surface area is 130 Å². The minimum Gasteiger partial charge on any atom is -0.465 e. The summed E-state index contributed by atoms with van der Waals surface area (Å²) in [5.74, 6) is 0. The Hall–Kier alpha value is -1.26. The molecule has 3 rings (SSSR count). The van der Waals surface area contributed by atoms with Crippen molar-refractivity contribution in [1.29, 1.82) is 0 Å². The average Bonchev–Trinajstić information content (AvgIpc) is 2.97. The van der Waals surface area contributed by atoms with Crippen LogP contribution in [0.2, 0.25) is 5.02 Å². The van der Waals surface area contributed by atoms with Crippen LogP contribution in [0.4, 0.5) is 5.69 Å². The lowest BCUT2D eigenvalue weighted by atomic mass is 10.1. The zero-order valence-electron chi connectivity index (χ0n) is 12.1. The number of piperazine rings is 1. The van der Waals surface area contributed by atoms with Crippen molar-refractivity contribution >= 4 is 23.8 Å². The standard InChI is InChI=1S/C16H21ClN2O2/c17-13-1-3-14(4-2-13)18-7-9-19(10-8-18)15-5-6-16(11-15)21-12-20/h1-4,12,15-16H,5-11H2/t15-,16+/m0/s1. The molecular formula is C16H21ClN2O2. The molecule has 0 amide bonds. The molecule has 0 bridgehead atoms. The molecule has 1 saturated carbocycles. The molecular weight excluding hydrogens is 288 g/mol. The molecule has 1 aliphatic carbocycles. The van der Waals surface area contributed by atoms with Gasteiger partial charge in [0.05, 0.1) is 0 Å². The van der Waals surface area contributed by atoms with Crippen molar-refractivity contribution < 1.29 is 9.53 Å². The Morgan fingerprint density at radius 2 is 1.81 bits per heavy atom. The van der Waals surface area contributed by atoms with E-state index in [4.69, 9.17) is 16.3 Å². The van der Waals surface area contributed by atoms with Crippen molar-refractivity contribution in [3.8, 4) is 0 Å². The third-order valence-electron chi connectivity index (χ3n) is 4.63. The predicted octanol–water partition coefficient (Wildman–Crippen LogP) is 2.56. The first-order chi connectivity index (χ1) is 10.3. The van der Waals surface area contributed by atoms with Crippen LogP contribution >= 0.6 is 11.6 Å². The van der Waals surface area contributed by atoms with Gasteiger partial charge in [0.2, 0.25) is 0 Å². The minimum atomic E-state index is 0.127. The van der Waals surface area contributed by atoms with Gasteiger partial charge in [-0.05, 0) is 43.5 Å².